The van der Waals surface area contributed by atoms with Gasteiger partial charge in [-0.05, 0) is 31.4 Å². The highest BCUT2D eigenvalue weighted by atomic mass is 32.1. The van der Waals surface area contributed by atoms with E-state index in [4.69, 9.17) is 0 Å². The molecule has 1 aromatic rings. The maximum Gasteiger partial charge on any atom is 0.0951 e. The molecule has 0 radical (unpaired) electrons. The van der Waals surface area contributed by atoms with Gasteiger partial charge in [-0.1, -0.05) is 13.8 Å². The van der Waals surface area contributed by atoms with Crippen molar-refractivity contribution in [3.8, 4) is 0 Å². The Morgan fingerprint density at radius 1 is 1.43 bits per heavy atom. The fraction of sp³-hybridized carbons (Fsp3) is 0.727. The molecule has 0 N–H and O–H groups in total. The zero-order valence-electron chi connectivity index (χ0n) is 9.49. The van der Waals surface area contributed by atoms with Crippen LogP contribution in [-0.4, -0.2) is 15.3 Å². The van der Waals surface area contributed by atoms with Crippen molar-refractivity contribution in [1.29, 1.82) is 0 Å². The first-order chi connectivity index (χ1) is 6.56. The number of rotatable bonds is 4. The number of aromatic nitrogens is 2. The van der Waals surface area contributed by atoms with Crippen LogP contribution in [0.5, 0.6) is 0 Å². The number of nitrogens with zero attached hydrogens (tertiary/aromatic N) is 2. The minimum Gasteiger partial charge on any atom is -0.334 e. The number of imidazole rings is 1. The monoisotopic (exact) mass is 212 g/mol. The molecule has 1 atom stereocenters. The summed E-state index contributed by atoms with van der Waals surface area (Å²) in [5.41, 5.74) is 2.41. The Bertz CT molecular complexity index is 291. The van der Waals surface area contributed by atoms with Crippen LogP contribution in [0.15, 0.2) is 6.33 Å². The van der Waals surface area contributed by atoms with E-state index in [1.807, 2.05) is 6.33 Å². The summed E-state index contributed by atoms with van der Waals surface area (Å²) >= 11 is 4.39. The minimum absolute atomic E-state index is 0.630. The van der Waals surface area contributed by atoms with E-state index >= 15 is 0 Å². The first kappa shape index (κ1) is 11.6. The molecule has 0 saturated heterocycles. The van der Waals surface area contributed by atoms with Gasteiger partial charge in [-0.25, -0.2) is 4.98 Å². The van der Waals surface area contributed by atoms with Crippen LogP contribution in [0.1, 0.15) is 25.2 Å². The SMILES string of the molecule is Cc1ncn(CC(CS)C(C)C)c1C. The molecule has 1 rings (SSSR count). The molecule has 0 aliphatic carbocycles. The van der Waals surface area contributed by atoms with Crippen LogP contribution in [0.25, 0.3) is 0 Å². The van der Waals surface area contributed by atoms with Gasteiger partial charge in [0.15, 0.2) is 0 Å². The van der Waals surface area contributed by atoms with Crippen molar-refractivity contribution >= 4 is 12.6 Å². The standard InChI is InChI=1S/C11H20N2S/c1-8(2)11(6-14)5-13-7-12-9(3)10(13)4/h7-8,11,14H,5-6H2,1-4H3. The molecule has 1 aromatic heterocycles. The predicted octanol–water partition coefficient (Wildman–Crippen LogP) is 2.70. The molecule has 1 heterocycles. The van der Waals surface area contributed by atoms with Gasteiger partial charge in [0.05, 0.1) is 12.0 Å². The molecule has 0 saturated carbocycles. The highest BCUT2D eigenvalue weighted by Crippen LogP contribution is 2.16. The second-order valence-electron chi connectivity index (χ2n) is 4.25. The van der Waals surface area contributed by atoms with Gasteiger partial charge >= 0.3 is 0 Å². The molecule has 80 valence electrons. The van der Waals surface area contributed by atoms with Gasteiger partial charge in [-0.2, -0.15) is 12.6 Å². The first-order valence-electron chi connectivity index (χ1n) is 5.15. The lowest BCUT2D eigenvalue weighted by molar-refractivity contribution is 0.369. The van der Waals surface area contributed by atoms with Crippen molar-refractivity contribution in [2.45, 2.75) is 34.2 Å². The first-order valence-corrected chi connectivity index (χ1v) is 5.78. The van der Waals surface area contributed by atoms with Gasteiger partial charge in [0.25, 0.3) is 0 Å². The Hall–Kier alpha value is -0.440. The lowest BCUT2D eigenvalue weighted by Crippen LogP contribution is -2.18. The highest BCUT2D eigenvalue weighted by Gasteiger charge is 2.13. The van der Waals surface area contributed by atoms with Crippen LogP contribution in [0, 0.1) is 25.7 Å². The molecule has 3 heteroatoms. The molecule has 0 fully saturated rings. The summed E-state index contributed by atoms with van der Waals surface area (Å²) < 4.78 is 2.23. The summed E-state index contributed by atoms with van der Waals surface area (Å²) in [6.45, 7) is 9.71. The third-order valence-electron chi connectivity index (χ3n) is 2.95. The molecule has 0 aliphatic rings. The van der Waals surface area contributed by atoms with E-state index in [-0.39, 0.29) is 0 Å². The zero-order chi connectivity index (χ0) is 10.7. The van der Waals surface area contributed by atoms with Gasteiger partial charge in [0, 0.05) is 12.2 Å². The van der Waals surface area contributed by atoms with E-state index in [1.54, 1.807) is 0 Å². The van der Waals surface area contributed by atoms with E-state index in [9.17, 15) is 0 Å². The molecule has 14 heavy (non-hydrogen) atoms. The normalized spacial score (nSPS) is 13.6. The molecule has 0 spiro atoms. The van der Waals surface area contributed by atoms with Gasteiger partial charge in [0.1, 0.15) is 0 Å². The fourth-order valence-corrected chi connectivity index (χ4v) is 2.00. The molecular weight excluding hydrogens is 192 g/mol. The maximum atomic E-state index is 4.39. The molecule has 1 unspecified atom stereocenters. The summed E-state index contributed by atoms with van der Waals surface area (Å²) in [5.74, 6) is 2.24. The second-order valence-corrected chi connectivity index (χ2v) is 4.62. The number of hydrogen-bond acceptors (Lipinski definition) is 2. The fourth-order valence-electron chi connectivity index (χ4n) is 1.46. The van der Waals surface area contributed by atoms with Crippen molar-refractivity contribution in [1.82, 2.24) is 9.55 Å². The van der Waals surface area contributed by atoms with Crippen molar-refractivity contribution in [3.63, 3.8) is 0 Å². The van der Waals surface area contributed by atoms with Crippen LogP contribution in [-0.2, 0) is 6.54 Å². The highest BCUT2D eigenvalue weighted by molar-refractivity contribution is 7.80. The molecule has 2 nitrogen and oxygen atoms in total. The van der Waals surface area contributed by atoms with Gasteiger partial charge < -0.3 is 4.57 Å². The summed E-state index contributed by atoms with van der Waals surface area (Å²) in [7, 11) is 0. The van der Waals surface area contributed by atoms with Crippen LogP contribution >= 0.6 is 12.6 Å². The van der Waals surface area contributed by atoms with E-state index in [1.165, 1.54) is 5.69 Å². The third-order valence-corrected chi connectivity index (χ3v) is 3.42. The molecule has 0 amide bonds. The summed E-state index contributed by atoms with van der Waals surface area (Å²) in [5, 5.41) is 0. The topological polar surface area (TPSA) is 17.8 Å². The molecule has 0 aromatic carbocycles. The quantitative estimate of drug-likeness (QED) is 0.760. The van der Waals surface area contributed by atoms with E-state index in [2.05, 4.69) is 49.9 Å². The number of thiol groups is 1. The third kappa shape index (κ3) is 2.53. The Kier molecular flexibility index (Phi) is 4.05. The van der Waals surface area contributed by atoms with Gasteiger partial charge in [-0.3, -0.25) is 0 Å². The van der Waals surface area contributed by atoms with Crippen molar-refractivity contribution in [2.24, 2.45) is 11.8 Å². The molecular formula is C11H20N2S. The Balaban J connectivity index is 2.72. The van der Waals surface area contributed by atoms with Crippen LogP contribution < -0.4 is 0 Å². The van der Waals surface area contributed by atoms with Crippen molar-refractivity contribution in [3.05, 3.63) is 17.7 Å². The smallest absolute Gasteiger partial charge is 0.0951 e. The van der Waals surface area contributed by atoms with E-state index in [0.29, 0.717) is 11.8 Å². The Morgan fingerprint density at radius 2 is 2.07 bits per heavy atom. The van der Waals surface area contributed by atoms with E-state index in [0.717, 1.165) is 18.0 Å². The van der Waals surface area contributed by atoms with E-state index < -0.39 is 0 Å². The van der Waals surface area contributed by atoms with Crippen LogP contribution in [0.3, 0.4) is 0 Å². The Morgan fingerprint density at radius 3 is 2.43 bits per heavy atom. The van der Waals surface area contributed by atoms with Crippen molar-refractivity contribution < 1.29 is 0 Å². The summed E-state index contributed by atoms with van der Waals surface area (Å²) in [6, 6.07) is 0. The largest absolute Gasteiger partial charge is 0.334 e. The minimum atomic E-state index is 0.630. The maximum absolute atomic E-state index is 4.39. The number of aryl methyl sites for hydroxylation is 1. The summed E-state index contributed by atoms with van der Waals surface area (Å²) in [4.78, 5) is 4.30. The zero-order valence-corrected chi connectivity index (χ0v) is 10.4. The lowest BCUT2D eigenvalue weighted by atomic mass is 9.98. The van der Waals surface area contributed by atoms with Crippen LogP contribution in [0.2, 0.25) is 0 Å². The van der Waals surface area contributed by atoms with Gasteiger partial charge in [-0.15, -0.1) is 0 Å². The average Bonchev–Trinajstić information content (AvgIpc) is 2.44. The second kappa shape index (κ2) is 4.87. The molecule has 0 bridgehead atoms. The average molecular weight is 212 g/mol. The van der Waals surface area contributed by atoms with Crippen molar-refractivity contribution in [2.75, 3.05) is 5.75 Å². The lowest BCUT2D eigenvalue weighted by Gasteiger charge is -2.19. The van der Waals surface area contributed by atoms with Gasteiger partial charge in [0.2, 0.25) is 0 Å². The number of hydrogen-bond donors (Lipinski definition) is 1. The van der Waals surface area contributed by atoms with Crippen LogP contribution in [0.4, 0.5) is 0 Å². The Labute approximate surface area is 92.1 Å². The predicted molar refractivity (Wildman–Crippen MR) is 63.9 cm³/mol. The molecule has 0 aliphatic heterocycles. The summed E-state index contributed by atoms with van der Waals surface area (Å²) in [6.07, 6.45) is 1.93.